The maximum atomic E-state index is 13.6. The molecule has 0 saturated heterocycles. The molecule has 0 aliphatic carbocycles. The standard InChI is InChI=1S/C28H27N3O3/c1-18-24(27(32)30-20-12-6-4-7-13-20)26(22-16-10-11-17-23(22)34-3)25(19(2)29-18)28(33)31-21-14-8-5-9-15-21/h4-17,26,29H,1-3H3,(H,30,32)(H,31,33). The van der Waals surface area contributed by atoms with Gasteiger partial charge in [0.2, 0.25) is 0 Å². The Bertz CT molecular complexity index is 1190. The van der Waals surface area contributed by atoms with Crippen LogP contribution in [0.3, 0.4) is 0 Å². The lowest BCUT2D eigenvalue weighted by atomic mass is 9.79. The van der Waals surface area contributed by atoms with Crippen molar-refractivity contribution in [1.29, 1.82) is 0 Å². The van der Waals surface area contributed by atoms with Gasteiger partial charge in [0.15, 0.2) is 0 Å². The molecule has 0 aromatic heterocycles. The number of hydrogen-bond acceptors (Lipinski definition) is 4. The van der Waals surface area contributed by atoms with Crippen molar-refractivity contribution in [2.75, 3.05) is 17.7 Å². The second-order valence-corrected chi connectivity index (χ2v) is 8.02. The number of allylic oxidation sites excluding steroid dienone is 2. The number of amides is 2. The molecule has 6 heteroatoms. The summed E-state index contributed by atoms with van der Waals surface area (Å²) in [6.45, 7) is 3.69. The Morgan fingerprint density at radius 2 is 1.15 bits per heavy atom. The van der Waals surface area contributed by atoms with Crippen LogP contribution in [-0.4, -0.2) is 18.9 Å². The fourth-order valence-corrected chi connectivity index (χ4v) is 4.25. The first-order chi connectivity index (χ1) is 16.5. The minimum Gasteiger partial charge on any atom is -0.496 e. The summed E-state index contributed by atoms with van der Waals surface area (Å²) in [5.74, 6) is -0.607. The monoisotopic (exact) mass is 453 g/mol. The number of ether oxygens (including phenoxy) is 1. The van der Waals surface area contributed by atoms with E-state index in [4.69, 9.17) is 4.74 Å². The third kappa shape index (κ3) is 4.71. The predicted octanol–water partition coefficient (Wildman–Crippen LogP) is 5.21. The molecule has 0 radical (unpaired) electrons. The van der Waals surface area contributed by atoms with Gasteiger partial charge < -0.3 is 20.7 Å². The molecule has 172 valence electrons. The molecule has 6 nitrogen and oxygen atoms in total. The first kappa shape index (κ1) is 22.9. The Kier molecular flexibility index (Phi) is 6.78. The van der Waals surface area contributed by atoms with Gasteiger partial charge in [-0.2, -0.15) is 0 Å². The van der Waals surface area contributed by atoms with E-state index in [-0.39, 0.29) is 11.8 Å². The van der Waals surface area contributed by atoms with Gasteiger partial charge in [-0.3, -0.25) is 9.59 Å². The highest BCUT2D eigenvalue weighted by atomic mass is 16.5. The van der Waals surface area contributed by atoms with Gasteiger partial charge in [-0.1, -0.05) is 54.6 Å². The molecule has 3 N–H and O–H groups in total. The van der Waals surface area contributed by atoms with E-state index in [1.165, 1.54) is 0 Å². The zero-order valence-corrected chi connectivity index (χ0v) is 19.4. The van der Waals surface area contributed by atoms with Crippen molar-refractivity contribution in [1.82, 2.24) is 5.32 Å². The first-order valence-electron chi connectivity index (χ1n) is 11.0. The van der Waals surface area contributed by atoms with E-state index in [0.717, 1.165) is 5.56 Å². The lowest BCUT2D eigenvalue weighted by Crippen LogP contribution is -2.35. The molecule has 4 rings (SSSR count). The van der Waals surface area contributed by atoms with Crippen LogP contribution < -0.4 is 20.7 Å². The molecule has 0 spiro atoms. The number of rotatable bonds is 6. The molecule has 0 fully saturated rings. The van der Waals surface area contributed by atoms with Crippen LogP contribution >= 0.6 is 0 Å². The van der Waals surface area contributed by atoms with Crippen LogP contribution in [-0.2, 0) is 9.59 Å². The zero-order chi connectivity index (χ0) is 24.1. The van der Waals surface area contributed by atoms with E-state index in [9.17, 15) is 9.59 Å². The normalized spacial score (nSPS) is 13.9. The second kappa shape index (κ2) is 10.1. The van der Waals surface area contributed by atoms with E-state index in [1.807, 2.05) is 98.8 Å². The number of benzene rings is 3. The number of para-hydroxylation sites is 3. The van der Waals surface area contributed by atoms with Crippen LogP contribution in [0.4, 0.5) is 11.4 Å². The van der Waals surface area contributed by atoms with Crippen LogP contribution in [0.5, 0.6) is 5.75 Å². The molecule has 3 aromatic carbocycles. The number of nitrogens with one attached hydrogen (secondary N) is 3. The van der Waals surface area contributed by atoms with Gasteiger partial charge in [0.1, 0.15) is 5.75 Å². The van der Waals surface area contributed by atoms with Crippen molar-refractivity contribution in [2.45, 2.75) is 19.8 Å². The Morgan fingerprint density at radius 1 is 0.706 bits per heavy atom. The Balaban J connectivity index is 1.80. The summed E-state index contributed by atoms with van der Waals surface area (Å²) in [5.41, 5.74) is 4.36. The zero-order valence-electron chi connectivity index (χ0n) is 19.4. The molecule has 34 heavy (non-hydrogen) atoms. The molecule has 1 heterocycles. The number of anilines is 2. The molecule has 0 saturated carbocycles. The van der Waals surface area contributed by atoms with E-state index in [1.54, 1.807) is 7.11 Å². The SMILES string of the molecule is COc1ccccc1C1C(C(=O)Nc2ccccc2)=C(C)NC(C)=C1C(=O)Nc1ccccc1. The quantitative estimate of drug-likeness (QED) is 0.479. The summed E-state index contributed by atoms with van der Waals surface area (Å²) >= 11 is 0. The number of dihydropyridines is 1. The maximum absolute atomic E-state index is 13.6. The fraction of sp³-hybridized carbons (Fsp3) is 0.143. The van der Waals surface area contributed by atoms with Gasteiger partial charge in [0.25, 0.3) is 11.8 Å². The van der Waals surface area contributed by atoms with Crippen molar-refractivity contribution in [3.63, 3.8) is 0 Å². The van der Waals surface area contributed by atoms with Crippen molar-refractivity contribution >= 4 is 23.2 Å². The van der Waals surface area contributed by atoms with Crippen molar-refractivity contribution in [2.24, 2.45) is 0 Å². The molecular formula is C28H27N3O3. The third-order valence-corrected chi connectivity index (χ3v) is 5.76. The van der Waals surface area contributed by atoms with E-state index in [2.05, 4.69) is 16.0 Å². The number of hydrogen-bond donors (Lipinski definition) is 3. The first-order valence-corrected chi connectivity index (χ1v) is 11.0. The number of carbonyl (C=O) groups excluding carboxylic acids is 2. The summed E-state index contributed by atoms with van der Waals surface area (Å²) in [6.07, 6.45) is 0. The maximum Gasteiger partial charge on any atom is 0.254 e. The molecule has 0 unspecified atom stereocenters. The van der Waals surface area contributed by atoms with Crippen LogP contribution in [0.15, 0.2) is 107 Å². The number of carbonyl (C=O) groups is 2. The third-order valence-electron chi connectivity index (χ3n) is 5.76. The van der Waals surface area contributed by atoms with Gasteiger partial charge in [-0.15, -0.1) is 0 Å². The van der Waals surface area contributed by atoms with Crippen LogP contribution in [0, 0.1) is 0 Å². The Morgan fingerprint density at radius 3 is 1.62 bits per heavy atom. The minimum absolute atomic E-state index is 0.287. The molecule has 1 aliphatic rings. The largest absolute Gasteiger partial charge is 0.496 e. The van der Waals surface area contributed by atoms with E-state index in [0.29, 0.717) is 39.7 Å². The topological polar surface area (TPSA) is 79.5 Å². The van der Waals surface area contributed by atoms with Gasteiger partial charge in [-0.05, 0) is 44.2 Å². The molecule has 2 amide bonds. The molecule has 0 atom stereocenters. The second-order valence-electron chi connectivity index (χ2n) is 8.02. The molecular weight excluding hydrogens is 426 g/mol. The van der Waals surface area contributed by atoms with Crippen LogP contribution in [0.1, 0.15) is 25.3 Å². The predicted molar refractivity (Wildman–Crippen MR) is 134 cm³/mol. The lowest BCUT2D eigenvalue weighted by Gasteiger charge is -2.32. The highest BCUT2D eigenvalue weighted by molar-refractivity contribution is 6.12. The summed E-state index contributed by atoms with van der Waals surface area (Å²) < 4.78 is 5.63. The van der Waals surface area contributed by atoms with Gasteiger partial charge in [-0.25, -0.2) is 0 Å². The van der Waals surface area contributed by atoms with Crippen molar-refractivity contribution in [3.05, 3.63) is 113 Å². The average Bonchev–Trinajstić information content (AvgIpc) is 2.84. The minimum atomic E-state index is -0.634. The lowest BCUT2D eigenvalue weighted by molar-refractivity contribution is -0.113. The smallest absolute Gasteiger partial charge is 0.254 e. The van der Waals surface area contributed by atoms with E-state index >= 15 is 0 Å². The Hall–Kier alpha value is -4.32. The van der Waals surface area contributed by atoms with Crippen molar-refractivity contribution < 1.29 is 14.3 Å². The van der Waals surface area contributed by atoms with Crippen LogP contribution in [0.25, 0.3) is 0 Å². The number of methoxy groups -OCH3 is 1. The average molecular weight is 454 g/mol. The summed E-state index contributed by atoms with van der Waals surface area (Å²) in [4.78, 5) is 27.2. The molecule has 0 bridgehead atoms. The van der Waals surface area contributed by atoms with Gasteiger partial charge in [0, 0.05) is 39.5 Å². The molecule has 1 aliphatic heterocycles. The summed E-state index contributed by atoms with van der Waals surface area (Å²) in [6, 6.07) is 26.0. The molecule has 3 aromatic rings. The summed E-state index contributed by atoms with van der Waals surface area (Å²) in [5, 5.41) is 9.19. The Labute approximate surface area is 199 Å². The highest BCUT2D eigenvalue weighted by Gasteiger charge is 2.38. The van der Waals surface area contributed by atoms with E-state index < -0.39 is 5.92 Å². The van der Waals surface area contributed by atoms with Crippen molar-refractivity contribution in [3.8, 4) is 5.75 Å². The highest BCUT2D eigenvalue weighted by Crippen LogP contribution is 2.42. The van der Waals surface area contributed by atoms with Gasteiger partial charge >= 0.3 is 0 Å². The summed E-state index contributed by atoms with van der Waals surface area (Å²) in [7, 11) is 1.58. The fourth-order valence-electron chi connectivity index (χ4n) is 4.25. The van der Waals surface area contributed by atoms with Crippen LogP contribution in [0.2, 0.25) is 0 Å². The van der Waals surface area contributed by atoms with Gasteiger partial charge in [0.05, 0.1) is 13.0 Å².